The SMILES string of the molecule is CCc1nc(Br)cc(NCc2ccc(Br)s2)n1. The summed E-state index contributed by atoms with van der Waals surface area (Å²) in [6.07, 6.45) is 0.832. The number of nitrogens with one attached hydrogen (secondary N) is 1. The van der Waals surface area contributed by atoms with Gasteiger partial charge < -0.3 is 5.32 Å². The van der Waals surface area contributed by atoms with Crippen LogP contribution in [0.5, 0.6) is 0 Å². The number of anilines is 1. The Hall–Kier alpha value is -0.460. The van der Waals surface area contributed by atoms with Gasteiger partial charge in [0.05, 0.1) is 10.3 Å². The second-order valence-corrected chi connectivity index (χ2v) is 6.77. The van der Waals surface area contributed by atoms with Crippen LogP contribution in [-0.4, -0.2) is 9.97 Å². The summed E-state index contributed by atoms with van der Waals surface area (Å²) >= 11 is 8.56. The lowest BCUT2D eigenvalue weighted by molar-refractivity contribution is 0.923. The van der Waals surface area contributed by atoms with Gasteiger partial charge in [0.25, 0.3) is 0 Å². The highest BCUT2D eigenvalue weighted by molar-refractivity contribution is 9.11. The summed E-state index contributed by atoms with van der Waals surface area (Å²) in [4.78, 5) is 9.95. The molecule has 2 heterocycles. The Labute approximate surface area is 121 Å². The Kier molecular flexibility index (Phi) is 4.53. The van der Waals surface area contributed by atoms with Gasteiger partial charge in [0, 0.05) is 17.4 Å². The molecule has 0 fully saturated rings. The van der Waals surface area contributed by atoms with Crippen molar-refractivity contribution in [2.75, 3.05) is 5.32 Å². The smallest absolute Gasteiger partial charge is 0.131 e. The van der Waals surface area contributed by atoms with E-state index in [1.54, 1.807) is 11.3 Å². The summed E-state index contributed by atoms with van der Waals surface area (Å²) in [5.74, 6) is 1.70. The van der Waals surface area contributed by atoms with Crippen LogP contribution in [0.3, 0.4) is 0 Å². The van der Waals surface area contributed by atoms with Crippen molar-refractivity contribution in [3.05, 3.63) is 37.3 Å². The summed E-state index contributed by atoms with van der Waals surface area (Å²) in [6, 6.07) is 6.04. The molecule has 0 spiro atoms. The van der Waals surface area contributed by atoms with Crippen LogP contribution in [0.1, 0.15) is 17.6 Å². The van der Waals surface area contributed by atoms with Crippen LogP contribution in [0.4, 0.5) is 5.82 Å². The monoisotopic (exact) mass is 375 g/mol. The molecule has 2 rings (SSSR count). The van der Waals surface area contributed by atoms with E-state index in [0.717, 1.165) is 33.0 Å². The van der Waals surface area contributed by atoms with E-state index in [1.807, 2.05) is 13.0 Å². The quantitative estimate of drug-likeness (QED) is 0.811. The Morgan fingerprint density at radius 1 is 1.29 bits per heavy atom. The van der Waals surface area contributed by atoms with Crippen LogP contribution in [0, 0.1) is 0 Å². The van der Waals surface area contributed by atoms with Crippen molar-refractivity contribution >= 4 is 49.0 Å². The summed E-state index contributed by atoms with van der Waals surface area (Å²) in [5, 5.41) is 3.30. The molecule has 2 aromatic rings. The fourth-order valence-corrected chi connectivity index (χ4v) is 3.18. The molecule has 90 valence electrons. The number of halogens is 2. The van der Waals surface area contributed by atoms with Crippen LogP contribution in [0.25, 0.3) is 0 Å². The third-order valence-corrected chi connectivity index (χ3v) is 4.16. The van der Waals surface area contributed by atoms with E-state index in [1.165, 1.54) is 4.88 Å². The maximum absolute atomic E-state index is 4.41. The topological polar surface area (TPSA) is 37.8 Å². The Morgan fingerprint density at radius 2 is 2.12 bits per heavy atom. The molecule has 2 aromatic heterocycles. The zero-order valence-electron chi connectivity index (χ0n) is 9.20. The first-order valence-electron chi connectivity index (χ1n) is 5.19. The molecule has 17 heavy (non-hydrogen) atoms. The van der Waals surface area contributed by atoms with Crippen LogP contribution >= 0.6 is 43.2 Å². The normalized spacial score (nSPS) is 10.5. The van der Waals surface area contributed by atoms with Crippen molar-refractivity contribution in [1.29, 1.82) is 0 Å². The fourth-order valence-electron chi connectivity index (χ4n) is 1.34. The second kappa shape index (κ2) is 5.93. The number of hydrogen-bond acceptors (Lipinski definition) is 4. The van der Waals surface area contributed by atoms with Crippen LogP contribution in [-0.2, 0) is 13.0 Å². The minimum atomic E-state index is 0.781. The first kappa shape index (κ1) is 13.0. The van der Waals surface area contributed by atoms with Crippen molar-refractivity contribution in [3.63, 3.8) is 0 Å². The highest BCUT2D eigenvalue weighted by Crippen LogP contribution is 2.23. The molecular formula is C11H11Br2N3S. The van der Waals surface area contributed by atoms with Crippen LogP contribution in [0.15, 0.2) is 26.6 Å². The molecule has 0 saturated carbocycles. The van der Waals surface area contributed by atoms with Gasteiger partial charge in [-0.25, -0.2) is 9.97 Å². The van der Waals surface area contributed by atoms with Gasteiger partial charge in [0.1, 0.15) is 16.2 Å². The molecular weight excluding hydrogens is 366 g/mol. The van der Waals surface area contributed by atoms with E-state index in [0.29, 0.717) is 0 Å². The molecule has 6 heteroatoms. The van der Waals surface area contributed by atoms with Gasteiger partial charge >= 0.3 is 0 Å². The van der Waals surface area contributed by atoms with Crippen LogP contribution in [0.2, 0.25) is 0 Å². The number of nitrogens with zero attached hydrogens (tertiary/aromatic N) is 2. The maximum Gasteiger partial charge on any atom is 0.131 e. The molecule has 3 nitrogen and oxygen atoms in total. The number of aromatic nitrogens is 2. The van der Waals surface area contributed by atoms with E-state index >= 15 is 0 Å². The second-order valence-electron chi connectivity index (χ2n) is 3.41. The number of rotatable bonds is 4. The molecule has 0 aromatic carbocycles. The van der Waals surface area contributed by atoms with E-state index in [-0.39, 0.29) is 0 Å². The van der Waals surface area contributed by atoms with Gasteiger partial charge in [-0.05, 0) is 44.0 Å². The summed E-state index contributed by atoms with van der Waals surface area (Å²) in [5.41, 5.74) is 0. The van der Waals surface area contributed by atoms with E-state index in [9.17, 15) is 0 Å². The van der Waals surface area contributed by atoms with Gasteiger partial charge in [0.2, 0.25) is 0 Å². The molecule has 0 aliphatic heterocycles. The fraction of sp³-hybridized carbons (Fsp3) is 0.273. The Bertz CT molecular complexity index is 513. The van der Waals surface area contributed by atoms with Gasteiger partial charge in [-0.1, -0.05) is 6.92 Å². The molecule has 0 unspecified atom stereocenters. The van der Waals surface area contributed by atoms with E-state index in [4.69, 9.17) is 0 Å². The standard InChI is InChI=1S/C11H11Br2N3S/c1-2-10-15-8(12)5-11(16-10)14-6-7-3-4-9(13)17-7/h3-5H,2,6H2,1H3,(H,14,15,16). The largest absolute Gasteiger partial charge is 0.365 e. The molecule has 0 saturated heterocycles. The van der Waals surface area contributed by atoms with E-state index in [2.05, 4.69) is 59.3 Å². The lowest BCUT2D eigenvalue weighted by Gasteiger charge is -2.05. The molecule has 0 aliphatic rings. The predicted octanol–water partition coefficient (Wildman–Crippen LogP) is 4.24. The van der Waals surface area contributed by atoms with Crippen molar-refractivity contribution < 1.29 is 0 Å². The zero-order chi connectivity index (χ0) is 12.3. The summed E-state index contributed by atoms with van der Waals surface area (Å²) in [6.45, 7) is 2.82. The highest BCUT2D eigenvalue weighted by Gasteiger charge is 2.02. The maximum atomic E-state index is 4.41. The molecule has 0 aliphatic carbocycles. The van der Waals surface area contributed by atoms with Gasteiger partial charge in [-0.3, -0.25) is 0 Å². The summed E-state index contributed by atoms with van der Waals surface area (Å²) in [7, 11) is 0. The molecule has 0 bridgehead atoms. The molecule has 0 atom stereocenters. The van der Waals surface area contributed by atoms with Gasteiger partial charge in [0.15, 0.2) is 0 Å². The van der Waals surface area contributed by atoms with Crippen molar-refractivity contribution in [2.45, 2.75) is 19.9 Å². The molecule has 0 amide bonds. The third-order valence-electron chi connectivity index (χ3n) is 2.13. The number of thiophene rings is 1. The lowest BCUT2D eigenvalue weighted by Crippen LogP contribution is -2.03. The lowest BCUT2D eigenvalue weighted by atomic mass is 10.4. The molecule has 0 radical (unpaired) electrons. The minimum absolute atomic E-state index is 0.781. The van der Waals surface area contributed by atoms with Crippen LogP contribution < -0.4 is 5.32 Å². The minimum Gasteiger partial charge on any atom is -0.365 e. The van der Waals surface area contributed by atoms with E-state index < -0.39 is 0 Å². The molecule has 1 N–H and O–H groups in total. The Morgan fingerprint density at radius 3 is 2.76 bits per heavy atom. The number of aryl methyl sites for hydroxylation is 1. The summed E-state index contributed by atoms with van der Waals surface area (Å²) < 4.78 is 1.96. The van der Waals surface area contributed by atoms with Crippen molar-refractivity contribution in [2.24, 2.45) is 0 Å². The Balaban J connectivity index is 2.05. The number of hydrogen-bond donors (Lipinski definition) is 1. The first-order valence-corrected chi connectivity index (χ1v) is 7.59. The van der Waals surface area contributed by atoms with Crippen molar-refractivity contribution in [3.8, 4) is 0 Å². The average molecular weight is 377 g/mol. The predicted molar refractivity (Wildman–Crippen MR) is 78.5 cm³/mol. The third kappa shape index (κ3) is 3.76. The van der Waals surface area contributed by atoms with Gasteiger partial charge in [-0.15, -0.1) is 11.3 Å². The highest BCUT2D eigenvalue weighted by atomic mass is 79.9. The zero-order valence-corrected chi connectivity index (χ0v) is 13.2. The average Bonchev–Trinajstić information content (AvgIpc) is 2.72. The van der Waals surface area contributed by atoms with Crippen molar-refractivity contribution in [1.82, 2.24) is 9.97 Å². The van der Waals surface area contributed by atoms with Gasteiger partial charge in [-0.2, -0.15) is 0 Å². The first-order chi connectivity index (χ1) is 8.17.